The van der Waals surface area contributed by atoms with Crippen LogP contribution in [0.15, 0.2) is 9.67 Å². The van der Waals surface area contributed by atoms with Crippen LogP contribution in [0.4, 0.5) is 0 Å². The van der Waals surface area contributed by atoms with Crippen LogP contribution in [0.3, 0.4) is 0 Å². The van der Waals surface area contributed by atoms with Crippen LogP contribution in [-0.2, 0) is 9.53 Å². The average molecular weight is 417 g/mol. The minimum absolute atomic E-state index is 0.00689. The van der Waals surface area contributed by atoms with Gasteiger partial charge in [-0.05, 0) is 0 Å². The zero-order valence-corrected chi connectivity index (χ0v) is 18.5. The molecule has 0 saturated heterocycles. The van der Waals surface area contributed by atoms with E-state index in [1.54, 1.807) is 7.11 Å². The van der Waals surface area contributed by atoms with E-state index in [2.05, 4.69) is 33.8 Å². The summed E-state index contributed by atoms with van der Waals surface area (Å²) >= 11 is -2.62. The monoisotopic (exact) mass is 418 g/mol. The number of hydrogen-bond donors (Lipinski definition) is 0. The maximum absolute atomic E-state index is 12.5. The average Bonchev–Trinajstić information content (AvgIpc) is 2.55. The van der Waals surface area contributed by atoms with Gasteiger partial charge in [-0.1, -0.05) is 0 Å². The topological polar surface area (TPSA) is 26.3 Å². The van der Waals surface area contributed by atoms with Crippen LogP contribution in [0.5, 0.6) is 0 Å². The quantitative estimate of drug-likeness (QED) is 0.201. The van der Waals surface area contributed by atoms with Gasteiger partial charge in [0, 0.05) is 0 Å². The summed E-state index contributed by atoms with van der Waals surface area (Å²) in [6, 6.07) is 0. The van der Waals surface area contributed by atoms with Crippen molar-refractivity contribution in [2.75, 3.05) is 7.11 Å². The molecule has 0 aliphatic heterocycles. The molecule has 3 heteroatoms. The number of ether oxygens (including phenoxy) is 1. The zero-order chi connectivity index (χ0) is 16.8. The van der Waals surface area contributed by atoms with Crippen molar-refractivity contribution < 1.29 is 9.53 Å². The number of rotatable bonds is 13. The van der Waals surface area contributed by atoms with Crippen molar-refractivity contribution in [2.45, 2.75) is 92.4 Å². The van der Waals surface area contributed by atoms with E-state index in [1.807, 2.05) is 0 Å². The molecular formula is C19H38O2Sn. The van der Waals surface area contributed by atoms with Crippen molar-refractivity contribution in [3.63, 3.8) is 0 Å². The van der Waals surface area contributed by atoms with Crippen LogP contribution in [0.1, 0.15) is 79.1 Å². The molecule has 22 heavy (non-hydrogen) atoms. The molecule has 0 rings (SSSR count). The molecule has 130 valence electrons. The van der Waals surface area contributed by atoms with E-state index in [1.165, 1.54) is 55.4 Å². The number of hydrogen-bond acceptors (Lipinski definition) is 2. The van der Waals surface area contributed by atoms with Gasteiger partial charge < -0.3 is 0 Å². The number of methoxy groups -OCH3 is 1. The van der Waals surface area contributed by atoms with Gasteiger partial charge in [-0.2, -0.15) is 0 Å². The standard InChI is InChI=1S/C7H11O2.3C4H9.Sn/c1-3-4-5-6-7(8)9-2;3*1-3-4-2;/h5H,3-4H2,1-2H3;3*1,3-4H2,2H3;. The van der Waals surface area contributed by atoms with Gasteiger partial charge in [0.2, 0.25) is 0 Å². The second-order valence-electron chi connectivity index (χ2n) is 6.49. The Balaban J connectivity index is 5.59. The third-order valence-corrected chi connectivity index (χ3v) is 20.3. The number of allylic oxidation sites excluding steroid dienone is 1. The first-order valence-corrected chi connectivity index (χ1v) is 16.9. The Morgan fingerprint density at radius 2 is 1.32 bits per heavy atom. The van der Waals surface area contributed by atoms with E-state index in [0.29, 0.717) is 0 Å². The molecule has 0 amide bonds. The molecule has 0 N–H and O–H groups in total. The summed E-state index contributed by atoms with van der Waals surface area (Å²) in [5.74, 6) is -0.00689. The van der Waals surface area contributed by atoms with Gasteiger partial charge in [0.1, 0.15) is 0 Å². The van der Waals surface area contributed by atoms with Crippen molar-refractivity contribution in [1.29, 1.82) is 0 Å². The first-order chi connectivity index (χ1) is 10.6. The summed E-state index contributed by atoms with van der Waals surface area (Å²) in [4.78, 5) is 12.5. The fourth-order valence-electron chi connectivity index (χ4n) is 3.24. The molecule has 0 spiro atoms. The third kappa shape index (κ3) is 7.52. The summed E-state index contributed by atoms with van der Waals surface area (Å²) in [5.41, 5.74) is 0. The number of unbranched alkanes of at least 4 members (excludes halogenated alkanes) is 4. The van der Waals surface area contributed by atoms with Crippen LogP contribution in [0.25, 0.3) is 0 Å². The van der Waals surface area contributed by atoms with Gasteiger partial charge in [-0.15, -0.1) is 0 Å². The summed E-state index contributed by atoms with van der Waals surface area (Å²) in [6.45, 7) is 8.99. The van der Waals surface area contributed by atoms with E-state index >= 15 is 0 Å². The Morgan fingerprint density at radius 3 is 1.64 bits per heavy atom. The van der Waals surface area contributed by atoms with E-state index in [-0.39, 0.29) is 5.97 Å². The van der Waals surface area contributed by atoms with Crippen LogP contribution in [-0.4, -0.2) is 31.5 Å². The van der Waals surface area contributed by atoms with E-state index in [0.717, 1.165) is 12.8 Å². The van der Waals surface area contributed by atoms with Crippen LogP contribution in [0, 0.1) is 0 Å². The van der Waals surface area contributed by atoms with E-state index in [4.69, 9.17) is 4.74 Å². The van der Waals surface area contributed by atoms with Gasteiger partial charge in [0.05, 0.1) is 0 Å². The molecule has 0 saturated carbocycles. The van der Waals surface area contributed by atoms with Crippen LogP contribution in [0.2, 0.25) is 13.3 Å². The molecule has 0 bridgehead atoms. The number of carbonyl (C=O) groups is 1. The van der Waals surface area contributed by atoms with Gasteiger partial charge in [-0.25, -0.2) is 0 Å². The summed E-state index contributed by atoms with van der Waals surface area (Å²) in [5, 5.41) is 0. The molecule has 0 aliphatic carbocycles. The summed E-state index contributed by atoms with van der Waals surface area (Å²) in [7, 11) is 1.55. The van der Waals surface area contributed by atoms with E-state index in [9.17, 15) is 4.79 Å². The molecular weight excluding hydrogens is 379 g/mol. The van der Waals surface area contributed by atoms with Gasteiger partial charge >= 0.3 is 143 Å². The normalized spacial score (nSPS) is 12.5. The molecule has 0 aromatic rings. The minimum atomic E-state index is -2.62. The van der Waals surface area contributed by atoms with Crippen molar-refractivity contribution in [3.8, 4) is 0 Å². The Hall–Kier alpha value is 0.00870. The summed E-state index contributed by atoms with van der Waals surface area (Å²) < 4.78 is 10.4. The zero-order valence-electron chi connectivity index (χ0n) is 15.7. The van der Waals surface area contributed by atoms with Crippen molar-refractivity contribution in [1.82, 2.24) is 0 Å². The molecule has 0 fully saturated rings. The Bertz CT molecular complexity index is 302. The van der Waals surface area contributed by atoms with Crippen molar-refractivity contribution in [2.24, 2.45) is 0 Å². The molecule has 0 unspecified atom stereocenters. The van der Waals surface area contributed by atoms with Gasteiger partial charge in [0.15, 0.2) is 0 Å². The predicted octanol–water partition coefficient (Wildman–Crippen LogP) is 6.27. The molecule has 0 radical (unpaired) electrons. The Morgan fingerprint density at radius 1 is 0.864 bits per heavy atom. The van der Waals surface area contributed by atoms with Crippen LogP contribution < -0.4 is 0 Å². The summed E-state index contributed by atoms with van der Waals surface area (Å²) in [6.07, 6.45) is 11.9. The fraction of sp³-hybridized carbons (Fsp3) is 0.842. The molecule has 0 atom stereocenters. The van der Waals surface area contributed by atoms with Gasteiger partial charge in [0.25, 0.3) is 0 Å². The predicted molar refractivity (Wildman–Crippen MR) is 99.9 cm³/mol. The first-order valence-electron chi connectivity index (χ1n) is 9.40. The number of carbonyl (C=O) groups excluding carboxylic acids is 1. The fourth-order valence-corrected chi connectivity index (χ4v) is 19.7. The van der Waals surface area contributed by atoms with Crippen molar-refractivity contribution >= 4 is 24.3 Å². The van der Waals surface area contributed by atoms with Gasteiger partial charge in [-0.3, -0.25) is 0 Å². The SMILES string of the molecule is CCC/C=[C](\C(=O)OC)[Sn]([CH2]CCC)([CH2]CCC)[CH2]CCC. The van der Waals surface area contributed by atoms with Crippen LogP contribution >= 0.6 is 0 Å². The second kappa shape index (κ2) is 13.4. The molecule has 0 aromatic heterocycles. The molecule has 0 heterocycles. The maximum atomic E-state index is 12.5. The Labute approximate surface area is 143 Å². The number of esters is 1. The second-order valence-corrected chi connectivity index (χ2v) is 19.6. The molecule has 0 aromatic carbocycles. The molecule has 0 aliphatic rings. The molecule has 2 nitrogen and oxygen atoms in total. The van der Waals surface area contributed by atoms with Crippen molar-refractivity contribution in [3.05, 3.63) is 9.67 Å². The van der Waals surface area contributed by atoms with E-state index < -0.39 is 18.4 Å². The first kappa shape index (κ1) is 22.0. The third-order valence-electron chi connectivity index (χ3n) is 4.64. The Kier molecular flexibility index (Phi) is 13.5.